The van der Waals surface area contributed by atoms with Crippen LogP contribution in [0.1, 0.15) is 54.2 Å². The van der Waals surface area contributed by atoms with Crippen molar-refractivity contribution >= 4 is 0 Å². The standard InChI is InChI=1S/C30H33F7N2O3/c1-20(22-16-23(29(32,33)34)18-24(17-22)30(35,36)37)42-28-27(21-7-9-25(31)10-8-21)39(14-15-41-28)12-4-3-11-38-13-5-6-26(38)19-40-2/h7-10,16-18,20,26-28H,5-6,11-15,19H2,1-2H3/t20-,26+,27+,28-/m1/s1. The summed E-state index contributed by atoms with van der Waals surface area (Å²) in [7, 11) is 1.66. The van der Waals surface area contributed by atoms with Crippen LogP contribution in [0.3, 0.4) is 0 Å². The van der Waals surface area contributed by atoms with Gasteiger partial charge in [0, 0.05) is 19.7 Å². The molecule has 2 heterocycles. The second-order valence-electron chi connectivity index (χ2n) is 10.4. The Morgan fingerprint density at radius 3 is 2.14 bits per heavy atom. The lowest BCUT2D eigenvalue weighted by atomic mass is 10.0. The Balaban J connectivity index is 1.55. The smallest absolute Gasteiger partial charge is 0.383 e. The predicted molar refractivity (Wildman–Crippen MR) is 141 cm³/mol. The number of morpholine rings is 1. The number of hydrogen-bond acceptors (Lipinski definition) is 5. The molecule has 4 rings (SSSR count). The predicted octanol–water partition coefficient (Wildman–Crippen LogP) is 6.45. The van der Waals surface area contributed by atoms with Crippen molar-refractivity contribution in [3.05, 3.63) is 70.5 Å². The van der Waals surface area contributed by atoms with Crippen molar-refractivity contribution in [3.63, 3.8) is 0 Å². The maximum absolute atomic E-state index is 13.7. The van der Waals surface area contributed by atoms with Gasteiger partial charge in [-0.2, -0.15) is 26.3 Å². The summed E-state index contributed by atoms with van der Waals surface area (Å²) in [6.07, 6.45) is -10.1. The summed E-state index contributed by atoms with van der Waals surface area (Å²) in [5.74, 6) is 5.89. The van der Waals surface area contributed by atoms with E-state index in [4.69, 9.17) is 14.2 Å². The highest BCUT2D eigenvalue weighted by atomic mass is 19.4. The first-order valence-corrected chi connectivity index (χ1v) is 13.6. The number of benzene rings is 2. The number of hydrogen-bond donors (Lipinski definition) is 0. The number of methoxy groups -OCH3 is 1. The second kappa shape index (κ2) is 13.7. The van der Waals surface area contributed by atoms with E-state index in [1.165, 1.54) is 19.1 Å². The Kier molecular flexibility index (Phi) is 10.5. The minimum Gasteiger partial charge on any atom is -0.383 e. The van der Waals surface area contributed by atoms with Gasteiger partial charge in [-0.25, -0.2) is 4.39 Å². The summed E-state index contributed by atoms with van der Waals surface area (Å²) < 4.78 is 112. The number of likely N-dealkylation sites (tertiary alicyclic amines) is 1. The Morgan fingerprint density at radius 1 is 0.929 bits per heavy atom. The maximum Gasteiger partial charge on any atom is 0.416 e. The molecule has 2 aliphatic rings. The minimum absolute atomic E-state index is 0.0781. The molecule has 2 aromatic carbocycles. The first kappa shape index (κ1) is 32.2. The number of halogens is 7. The molecule has 2 saturated heterocycles. The molecule has 0 radical (unpaired) electrons. The van der Waals surface area contributed by atoms with Crippen LogP contribution >= 0.6 is 0 Å². The van der Waals surface area contributed by atoms with Crippen molar-refractivity contribution in [1.29, 1.82) is 0 Å². The van der Waals surface area contributed by atoms with E-state index in [-0.39, 0.29) is 18.2 Å². The SMILES string of the molecule is COC[C@@H]1CCCN1CC#CCN1CCO[C@H](O[C@H](C)c2cc(C(F)(F)F)cc(C(F)(F)F)c2)[C@@H]1c1ccc(F)cc1. The Bertz CT molecular complexity index is 1210. The zero-order valence-electron chi connectivity index (χ0n) is 23.3. The third kappa shape index (κ3) is 8.23. The van der Waals surface area contributed by atoms with Crippen LogP contribution in [0.4, 0.5) is 30.7 Å². The molecule has 2 aliphatic heterocycles. The zero-order valence-corrected chi connectivity index (χ0v) is 23.3. The summed E-state index contributed by atoms with van der Waals surface area (Å²) in [4.78, 5) is 4.20. The number of alkyl halides is 6. The molecule has 0 aliphatic carbocycles. The first-order valence-electron chi connectivity index (χ1n) is 13.6. The van der Waals surface area contributed by atoms with Crippen molar-refractivity contribution in [3.8, 4) is 11.8 Å². The molecule has 4 atom stereocenters. The van der Waals surface area contributed by atoms with Gasteiger partial charge in [-0.05, 0) is 67.8 Å². The number of ether oxygens (including phenoxy) is 3. The average molecular weight is 603 g/mol. The summed E-state index contributed by atoms with van der Waals surface area (Å²) in [5, 5.41) is 0. The van der Waals surface area contributed by atoms with Crippen molar-refractivity contribution in [2.24, 2.45) is 0 Å². The average Bonchev–Trinajstić information content (AvgIpc) is 3.37. The molecule has 12 heteroatoms. The van der Waals surface area contributed by atoms with Crippen LogP contribution in [0.25, 0.3) is 0 Å². The van der Waals surface area contributed by atoms with E-state index in [9.17, 15) is 30.7 Å². The lowest BCUT2D eigenvalue weighted by molar-refractivity contribution is -0.228. The first-order chi connectivity index (χ1) is 19.9. The van der Waals surface area contributed by atoms with Crippen LogP contribution in [0.15, 0.2) is 42.5 Å². The molecule has 42 heavy (non-hydrogen) atoms. The molecule has 0 saturated carbocycles. The fraction of sp³-hybridized carbons (Fsp3) is 0.533. The normalized spacial score (nSPS) is 23.0. The highest BCUT2D eigenvalue weighted by Gasteiger charge is 2.39. The van der Waals surface area contributed by atoms with E-state index >= 15 is 0 Å². The lowest BCUT2D eigenvalue weighted by Gasteiger charge is -2.41. The van der Waals surface area contributed by atoms with Gasteiger partial charge in [-0.1, -0.05) is 24.0 Å². The molecule has 0 unspecified atom stereocenters. The molecule has 2 fully saturated rings. The highest BCUT2D eigenvalue weighted by Crippen LogP contribution is 2.39. The Morgan fingerprint density at radius 2 is 1.55 bits per heavy atom. The molecule has 230 valence electrons. The molecule has 0 spiro atoms. The van der Waals surface area contributed by atoms with Gasteiger partial charge in [0.1, 0.15) is 5.82 Å². The summed E-state index contributed by atoms with van der Waals surface area (Å²) in [6.45, 7) is 4.41. The number of nitrogens with zero attached hydrogens (tertiary/aromatic N) is 2. The topological polar surface area (TPSA) is 34.2 Å². The molecule has 0 aromatic heterocycles. The largest absolute Gasteiger partial charge is 0.416 e. The van der Waals surface area contributed by atoms with Crippen LogP contribution in [-0.2, 0) is 26.6 Å². The Labute approximate surface area is 240 Å². The molecular formula is C30H33F7N2O3. The van der Waals surface area contributed by atoms with Gasteiger partial charge >= 0.3 is 12.4 Å². The van der Waals surface area contributed by atoms with E-state index in [0.717, 1.165) is 19.4 Å². The summed E-state index contributed by atoms with van der Waals surface area (Å²) >= 11 is 0. The van der Waals surface area contributed by atoms with Gasteiger partial charge in [0.25, 0.3) is 0 Å². The van der Waals surface area contributed by atoms with Crippen molar-refractivity contribution in [2.75, 3.05) is 46.5 Å². The van der Waals surface area contributed by atoms with Crippen molar-refractivity contribution in [2.45, 2.75) is 56.6 Å². The van der Waals surface area contributed by atoms with Crippen LogP contribution < -0.4 is 0 Å². The molecule has 2 aromatic rings. The third-order valence-corrected chi connectivity index (χ3v) is 7.49. The van der Waals surface area contributed by atoms with E-state index in [1.807, 2.05) is 4.90 Å². The monoisotopic (exact) mass is 602 g/mol. The fourth-order valence-corrected chi connectivity index (χ4v) is 5.30. The van der Waals surface area contributed by atoms with Crippen molar-refractivity contribution in [1.82, 2.24) is 9.80 Å². The third-order valence-electron chi connectivity index (χ3n) is 7.49. The summed E-state index contributed by atoms with van der Waals surface area (Å²) in [6, 6.07) is 6.66. The van der Waals surface area contributed by atoms with E-state index in [1.54, 1.807) is 19.2 Å². The molecule has 5 nitrogen and oxygen atoms in total. The van der Waals surface area contributed by atoms with Gasteiger partial charge in [0.05, 0.1) is 49.6 Å². The van der Waals surface area contributed by atoms with Crippen molar-refractivity contribution < 1.29 is 44.9 Å². The number of rotatable bonds is 8. The van der Waals surface area contributed by atoms with E-state index in [0.29, 0.717) is 50.0 Å². The van der Waals surface area contributed by atoms with Gasteiger partial charge in [-0.15, -0.1) is 0 Å². The van der Waals surface area contributed by atoms with E-state index in [2.05, 4.69) is 16.7 Å². The van der Waals surface area contributed by atoms with Gasteiger partial charge < -0.3 is 14.2 Å². The van der Waals surface area contributed by atoms with Crippen LogP contribution in [0.5, 0.6) is 0 Å². The zero-order chi connectivity index (χ0) is 30.5. The Hall–Kier alpha value is -2.69. The molecular weight excluding hydrogens is 569 g/mol. The fourth-order valence-electron chi connectivity index (χ4n) is 5.30. The second-order valence-corrected chi connectivity index (χ2v) is 10.4. The lowest BCUT2D eigenvalue weighted by Crippen LogP contribution is -2.47. The molecule has 0 N–H and O–H groups in total. The highest BCUT2D eigenvalue weighted by molar-refractivity contribution is 5.35. The summed E-state index contributed by atoms with van der Waals surface area (Å²) in [5.41, 5.74) is -2.54. The van der Waals surface area contributed by atoms with Crippen LogP contribution in [0, 0.1) is 17.7 Å². The molecule has 0 amide bonds. The maximum atomic E-state index is 13.7. The minimum atomic E-state index is -4.98. The van der Waals surface area contributed by atoms with Crippen LogP contribution in [-0.4, -0.2) is 68.6 Å². The van der Waals surface area contributed by atoms with E-state index < -0.39 is 47.7 Å². The molecule has 0 bridgehead atoms. The van der Waals surface area contributed by atoms with Gasteiger partial charge in [-0.3, -0.25) is 9.80 Å². The quantitative estimate of drug-likeness (QED) is 0.256. The van der Waals surface area contributed by atoms with Crippen LogP contribution in [0.2, 0.25) is 0 Å². The van der Waals surface area contributed by atoms with Gasteiger partial charge in [0.15, 0.2) is 6.29 Å². The van der Waals surface area contributed by atoms with Gasteiger partial charge in [0.2, 0.25) is 0 Å².